The lowest BCUT2D eigenvalue weighted by Gasteiger charge is -2.10. The van der Waals surface area contributed by atoms with Crippen LogP contribution < -0.4 is 5.32 Å². The first-order chi connectivity index (χ1) is 7.41. The molecule has 16 heavy (non-hydrogen) atoms. The predicted octanol–water partition coefficient (Wildman–Crippen LogP) is 2.13. The summed E-state index contributed by atoms with van der Waals surface area (Å²) in [5.74, 6) is -1.02. The first-order valence-electron chi connectivity index (χ1n) is 4.35. The molecule has 0 bridgehead atoms. The normalized spacial score (nSPS) is 11.9. The summed E-state index contributed by atoms with van der Waals surface area (Å²) in [5.41, 5.74) is 0.209. The van der Waals surface area contributed by atoms with Crippen molar-refractivity contribution < 1.29 is 14.8 Å². The van der Waals surface area contributed by atoms with Crippen molar-refractivity contribution in [2.75, 3.05) is 5.32 Å². The number of aliphatic carboxylic acids is 1. The maximum Gasteiger partial charge on any atom is 0.325 e. The number of nitro benzene ring substituents is 1. The second kappa shape index (κ2) is 4.80. The number of carboxylic acids is 1. The number of hydrogen-bond acceptors (Lipinski definition) is 4. The number of hydrogen-bond donors (Lipinski definition) is 2. The lowest BCUT2D eigenvalue weighted by Crippen LogP contribution is -2.25. The van der Waals surface area contributed by atoms with Crippen LogP contribution in [0.15, 0.2) is 18.2 Å². The maximum absolute atomic E-state index is 10.6. The van der Waals surface area contributed by atoms with Crippen molar-refractivity contribution >= 4 is 28.9 Å². The van der Waals surface area contributed by atoms with Gasteiger partial charge in [-0.05, 0) is 19.1 Å². The molecular formula is C9H9ClN2O4. The first-order valence-corrected chi connectivity index (χ1v) is 4.73. The number of carbonyl (C=O) groups is 1. The molecule has 0 saturated carbocycles. The van der Waals surface area contributed by atoms with E-state index in [9.17, 15) is 14.9 Å². The Balaban J connectivity index is 2.89. The molecule has 0 saturated heterocycles. The minimum atomic E-state index is -1.02. The van der Waals surface area contributed by atoms with E-state index in [-0.39, 0.29) is 10.7 Å². The van der Waals surface area contributed by atoms with Gasteiger partial charge in [-0.2, -0.15) is 0 Å². The summed E-state index contributed by atoms with van der Waals surface area (Å²) in [5, 5.41) is 21.7. The van der Waals surface area contributed by atoms with Crippen molar-refractivity contribution in [2.24, 2.45) is 0 Å². The third-order valence-electron chi connectivity index (χ3n) is 1.90. The van der Waals surface area contributed by atoms with Crippen LogP contribution >= 0.6 is 11.6 Å². The van der Waals surface area contributed by atoms with Gasteiger partial charge in [0, 0.05) is 11.8 Å². The summed E-state index contributed by atoms with van der Waals surface area (Å²) in [6.45, 7) is 1.46. The number of nitrogens with zero attached hydrogens (tertiary/aromatic N) is 1. The highest BCUT2D eigenvalue weighted by atomic mass is 35.5. The van der Waals surface area contributed by atoms with E-state index < -0.39 is 16.9 Å². The van der Waals surface area contributed by atoms with Gasteiger partial charge < -0.3 is 10.4 Å². The quantitative estimate of drug-likeness (QED) is 0.625. The van der Waals surface area contributed by atoms with Crippen LogP contribution in [0.3, 0.4) is 0 Å². The van der Waals surface area contributed by atoms with Gasteiger partial charge in [0.2, 0.25) is 0 Å². The van der Waals surface area contributed by atoms with Crippen LogP contribution in [0.25, 0.3) is 0 Å². The van der Waals surface area contributed by atoms with E-state index >= 15 is 0 Å². The molecule has 0 aliphatic heterocycles. The Labute approximate surface area is 96.0 Å². The lowest BCUT2D eigenvalue weighted by atomic mass is 10.2. The van der Waals surface area contributed by atoms with Gasteiger partial charge in [0.25, 0.3) is 5.69 Å². The molecule has 0 heterocycles. The highest BCUT2D eigenvalue weighted by molar-refractivity contribution is 6.32. The van der Waals surface area contributed by atoms with Crippen molar-refractivity contribution in [2.45, 2.75) is 13.0 Å². The van der Waals surface area contributed by atoms with Gasteiger partial charge in [0.15, 0.2) is 0 Å². The Morgan fingerprint density at radius 1 is 1.62 bits per heavy atom. The average molecular weight is 245 g/mol. The van der Waals surface area contributed by atoms with E-state index in [4.69, 9.17) is 16.7 Å². The van der Waals surface area contributed by atoms with E-state index in [0.29, 0.717) is 5.69 Å². The van der Waals surface area contributed by atoms with Crippen molar-refractivity contribution in [1.82, 2.24) is 0 Å². The zero-order valence-electron chi connectivity index (χ0n) is 8.31. The third kappa shape index (κ3) is 2.83. The highest BCUT2D eigenvalue weighted by Gasteiger charge is 2.14. The topological polar surface area (TPSA) is 92.5 Å². The number of benzene rings is 1. The fourth-order valence-electron chi connectivity index (χ4n) is 1.06. The molecule has 0 amide bonds. The predicted molar refractivity (Wildman–Crippen MR) is 58.8 cm³/mol. The summed E-state index contributed by atoms with van der Waals surface area (Å²) in [6, 6.07) is 3.15. The molecule has 0 fully saturated rings. The zero-order valence-corrected chi connectivity index (χ0v) is 9.06. The molecule has 0 spiro atoms. The minimum Gasteiger partial charge on any atom is -0.480 e. The van der Waals surface area contributed by atoms with Gasteiger partial charge >= 0.3 is 5.97 Å². The third-order valence-corrected chi connectivity index (χ3v) is 2.20. The minimum absolute atomic E-state index is 0.0346. The summed E-state index contributed by atoms with van der Waals surface area (Å²) >= 11 is 5.66. The van der Waals surface area contributed by atoms with Crippen LogP contribution in [0.4, 0.5) is 11.4 Å². The zero-order chi connectivity index (χ0) is 12.3. The van der Waals surface area contributed by atoms with Crippen LogP contribution in [0.2, 0.25) is 5.02 Å². The van der Waals surface area contributed by atoms with Gasteiger partial charge in [-0.1, -0.05) is 11.6 Å². The number of nitro groups is 1. The standard InChI is InChI=1S/C9H9ClN2O4/c1-5(9(13)14)11-6-2-3-8(12(15)16)7(10)4-6/h2-5,11H,1H3,(H,13,14). The molecule has 1 unspecified atom stereocenters. The largest absolute Gasteiger partial charge is 0.480 e. The molecule has 1 atom stereocenters. The Hall–Kier alpha value is -1.82. The van der Waals surface area contributed by atoms with Crippen molar-refractivity contribution in [3.63, 3.8) is 0 Å². The monoisotopic (exact) mass is 244 g/mol. The molecule has 0 aliphatic carbocycles. The summed E-state index contributed by atoms with van der Waals surface area (Å²) in [7, 11) is 0. The molecule has 7 heteroatoms. The van der Waals surface area contributed by atoms with Gasteiger partial charge in [-0.25, -0.2) is 0 Å². The van der Waals surface area contributed by atoms with E-state index in [0.717, 1.165) is 0 Å². The number of rotatable bonds is 4. The fraction of sp³-hybridized carbons (Fsp3) is 0.222. The van der Waals surface area contributed by atoms with Crippen LogP contribution in [0.5, 0.6) is 0 Å². The Bertz CT molecular complexity index is 436. The van der Waals surface area contributed by atoms with Crippen LogP contribution in [-0.2, 0) is 4.79 Å². The Morgan fingerprint density at radius 2 is 2.25 bits per heavy atom. The van der Waals surface area contributed by atoms with Crippen molar-refractivity contribution in [1.29, 1.82) is 0 Å². The first kappa shape index (κ1) is 12.3. The summed E-state index contributed by atoms with van der Waals surface area (Å²) < 4.78 is 0. The van der Waals surface area contributed by atoms with E-state index in [1.54, 1.807) is 0 Å². The van der Waals surface area contributed by atoms with Crippen LogP contribution in [0, 0.1) is 10.1 Å². The molecule has 1 aromatic carbocycles. The SMILES string of the molecule is CC(Nc1ccc([N+](=O)[O-])c(Cl)c1)C(=O)O. The Kier molecular flexibility index (Phi) is 3.68. The number of anilines is 1. The molecule has 0 aliphatic rings. The van der Waals surface area contributed by atoms with Crippen molar-refractivity contribution in [3.05, 3.63) is 33.3 Å². The van der Waals surface area contributed by atoms with Crippen LogP contribution in [-0.4, -0.2) is 22.0 Å². The van der Waals surface area contributed by atoms with Gasteiger partial charge in [0.1, 0.15) is 11.1 Å². The van der Waals surface area contributed by atoms with Gasteiger partial charge in [-0.15, -0.1) is 0 Å². The number of nitrogens with one attached hydrogen (secondary N) is 1. The second-order valence-corrected chi connectivity index (χ2v) is 3.53. The average Bonchev–Trinajstić information content (AvgIpc) is 2.16. The molecule has 1 aromatic rings. The molecule has 86 valence electrons. The van der Waals surface area contributed by atoms with E-state index in [2.05, 4.69) is 5.32 Å². The van der Waals surface area contributed by atoms with Crippen molar-refractivity contribution in [3.8, 4) is 0 Å². The smallest absolute Gasteiger partial charge is 0.325 e. The van der Waals surface area contributed by atoms with Crippen LogP contribution in [0.1, 0.15) is 6.92 Å². The summed E-state index contributed by atoms with van der Waals surface area (Å²) in [4.78, 5) is 20.4. The highest BCUT2D eigenvalue weighted by Crippen LogP contribution is 2.27. The number of carboxylic acid groups (broad SMARTS) is 1. The van der Waals surface area contributed by atoms with E-state index in [1.807, 2.05) is 0 Å². The molecule has 0 aromatic heterocycles. The molecule has 0 radical (unpaired) electrons. The maximum atomic E-state index is 10.6. The Morgan fingerprint density at radius 3 is 2.69 bits per heavy atom. The molecule has 1 rings (SSSR count). The fourth-order valence-corrected chi connectivity index (χ4v) is 1.31. The van der Waals surface area contributed by atoms with E-state index in [1.165, 1.54) is 25.1 Å². The molecule has 6 nitrogen and oxygen atoms in total. The molecular weight excluding hydrogens is 236 g/mol. The van der Waals surface area contributed by atoms with Gasteiger partial charge in [0.05, 0.1) is 4.92 Å². The molecule has 2 N–H and O–H groups in total. The summed E-state index contributed by atoms with van der Waals surface area (Å²) in [6.07, 6.45) is 0. The number of halogens is 1. The lowest BCUT2D eigenvalue weighted by molar-refractivity contribution is -0.384. The van der Waals surface area contributed by atoms with Gasteiger partial charge in [-0.3, -0.25) is 14.9 Å². The second-order valence-electron chi connectivity index (χ2n) is 3.13.